The van der Waals surface area contributed by atoms with Gasteiger partial charge in [0.2, 0.25) is 0 Å². The summed E-state index contributed by atoms with van der Waals surface area (Å²) < 4.78 is 0. The zero-order chi connectivity index (χ0) is 12.1. The summed E-state index contributed by atoms with van der Waals surface area (Å²) in [6.45, 7) is 2.03. The molecule has 0 aliphatic carbocycles. The first-order chi connectivity index (χ1) is 8.31. The molecule has 1 aromatic heterocycles. The van der Waals surface area contributed by atoms with E-state index in [0.29, 0.717) is 5.69 Å². The van der Waals surface area contributed by atoms with Crippen molar-refractivity contribution in [2.45, 2.75) is 19.4 Å². The number of aromatic nitrogens is 3. The Kier molecular flexibility index (Phi) is 3.49. The second kappa shape index (κ2) is 5.25. The van der Waals surface area contributed by atoms with Crippen molar-refractivity contribution in [3.63, 3.8) is 0 Å². The molecule has 2 aromatic rings. The van der Waals surface area contributed by atoms with Crippen LogP contribution in [0.4, 0.5) is 0 Å². The average Bonchev–Trinajstić information content (AvgIpc) is 2.90. The maximum absolute atomic E-state index is 11.8. The molecule has 88 valence electrons. The Morgan fingerprint density at radius 3 is 2.76 bits per heavy atom. The summed E-state index contributed by atoms with van der Waals surface area (Å²) in [7, 11) is 0. The third kappa shape index (κ3) is 2.69. The highest BCUT2D eigenvalue weighted by Crippen LogP contribution is 2.16. The van der Waals surface area contributed by atoms with Crippen molar-refractivity contribution in [2.75, 3.05) is 0 Å². The number of hydrogen-bond acceptors (Lipinski definition) is 3. The van der Waals surface area contributed by atoms with Crippen LogP contribution in [-0.4, -0.2) is 21.3 Å². The van der Waals surface area contributed by atoms with Crippen LogP contribution >= 0.6 is 0 Å². The van der Waals surface area contributed by atoms with E-state index in [4.69, 9.17) is 0 Å². The minimum atomic E-state index is -0.213. The summed E-state index contributed by atoms with van der Waals surface area (Å²) >= 11 is 0. The lowest BCUT2D eigenvalue weighted by molar-refractivity contribution is 0.0930. The number of carbonyl (C=O) groups is 1. The monoisotopic (exact) mass is 230 g/mol. The van der Waals surface area contributed by atoms with Crippen LogP contribution in [0.3, 0.4) is 0 Å². The molecule has 0 spiro atoms. The Labute approximate surface area is 99.2 Å². The first-order valence-corrected chi connectivity index (χ1v) is 5.53. The molecule has 5 nitrogen and oxygen atoms in total. The second-order valence-corrected chi connectivity index (χ2v) is 3.70. The van der Waals surface area contributed by atoms with Crippen LogP contribution in [0, 0.1) is 0 Å². The molecule has 5 heteroatoms. The number of H-pyrrole nitrogens is 1. The fraction of sp³-hybridized carbons (Fsp3) is 0.250. The molecule has 0 aliphatic rings. The Hall–Kier alpha value is -2.17. The van der Waals surface area contributed by atoms with Crippen molar-refractivity contribution in [1.82, 2.24) is 20.7 Å². The first kappa shape index (κ1) is 11.3. The maximum Gasteiger partial charge on any atom is 0.273 e. The van der Waals surface area contributed by atoms with E-state index in [-0.39, 0.29) is 11.9 Å². The van der Waals surface area contributed by atoms with Gasteiger partial charge in [-0.05, 0) is 12.0 Å². The lowest BCUT2D eigenvalue weighted by Crippen LogP contribution is -2.28. The van der Waals surface area contributed by atoms with Gasteiger partial charge in [0, 0.05) is 0 Å². The van der Waals surface area contributed by atoms with Gasteiger partial charge in [0.05, 0.1) is 12.2 Å². The van der Waals surface area contributed by atoms with Crippen LogP contribution in [0.25, 0.3) is 0 Å². The van der Waals surface area contributed by atoms with E-state index in [0.717, 1.165) is 12.0 Å². The molecule has 1 amide bonds. The third-order valence-corrected chi connectivity index (χ3v) is 2.56. The number of nitrogens with one attached hydrogen (secondary N) is 2. The SMILES string of the molecule is CC[C@@H](NC(=O)c1cn[nH]n1)c1ccccc1. The van der Waals surface area contributed by atoms with E-state index in [1.54, 1.807) is 0 Å². The predicted molar refractivity (Wildman–Crippen MR) is 63.3 cm³/mol. The molecule has 17 heavy (non-hydrogen) atoms. The number of hydrogen-bond donors (Lipinski definition) is 2. The molecule has 1 aromatic carbocycles. The van der Waals surface area contributed by atoms with Gasteiger partial charge >= 0.3 is 0 Å². The molecule has 0 unspecified atom stereocenters. The molecule has 1 heterocycles. The quantitative estimate of drug-likeness (QED) is 0.839. The normalized spacial score (nSPS) is 12.1. The van der Waals surface area contributed by atoms with E-state index < -0.39 is 0 Å². The zero-order valence-electron chi connectivity index (χ0n) is 9.55. The molecule has 0 radical (unpaired) electrons. The van der Waals surface area contributed by atoms with Gasteiger partial charge in [-0.3, -0.25) is 4.79 Å². The van der Waals surface area contributed by atoms with Crippen LogP contribution in [0.1, 0.15) is 35.4 Å². The first-order valence-electron chi connectivity index (χ1n) is 5.53. The Bertz CT molecular complexity index is 467. The van der Waals surface area contributed by atoms with Gasteiger partial charge in [0.15, 0.2) is 5.69 Å². The van der Waals surface area contributed by atoms with Crippen molar-refractivity contribution < 1.29 is 4.79 Å². The largest absolute Gasteiger partial charge is 0.344 e. The minimum Gasteiger partial charge on any atom is -0.344 e. The highest BCUT2D eigenvalue weighted by atomic mass is 16.2. The minimum absolute atomic E-state index is 0.000370. The van der Waals surface area contributed by atoms with Crippen molar-refractivity contribution in [2.24, 2.45) is 0 Å². The van der Waals surface area contributed by atoms with Gasteiger partial charge in [0.1, 0.15) is 0 Å². The number of rotatable bonds is 4. The fourth-order valence-corrected chi connectivity index (χ4v) is 1.65. The van der Waals surface area contributed by atoms with Crippen LogP contribution in [0.5, 0.6) is 0 Å². The zero-order valence-corrected chi connectivity index (χ0v) is 9.55. The van der Waals surface area contributed by atoms with E-state index in [1.165, 1.54) is 6.20 Å². The maximum atomic E-state index is 11.8. The highest BCUT2D eigenvalue weighted by Gasteiger charge is 2.15. The van der Waals surface area contributed by atoms with Gasteiger partial charge in [-0.15, -0.1) is 0 Å². The standard InChI is InChI=1S/C12H14N4O/c1-2-10(9-6-4-3-5-7-9)14-12(17)11-8-13-16-15-11/h3-8,10H,2H2,1H3,(H,14,17)(H,13,15,16)/t10-/m1/s1. The van der Waals surface area contributed by atoms with E-state index >= 15 is 0 Å². The number of amides is 1. The summed E-state index contributed by atoms with van der Waals surface area (Å²) in [5.74, 6) is -0.213. The summed E-state index contributed by atoms with van der Waals surface area (Å²) in [5.41, 5.74) is 1.39. The Balaban J connectivity index is 2.09. The summed E-state index contributed by atoms with van der Waals surface area (Å²) in [6.07, 6.45) is 2.24. The summed E-state index contributed by atoms with van der Waals surface area (Å²) in [4.78, 5) is 11.8. The van der Waals surface area contributed by atoms with Crippen molar-refractivity contribution in [3.8, 4) is 0 Å². The van der Waals surface area contributed by atoms with Gasteiger partial charge in [0.25, 0.3) is 5.91 Å². The van der Waals surface area contributed by atoms with Crippen molar-refractivity contribution in [1.29, 1.82) is 0 Å². The lowest BCUT2D eigenvalue weighted by Gasteiger charge is -2.16. The van der Waals surface area contributed by atoms with Crippen LogP contribution < -0.4 is 5.32 Å². The highest BCUT2D eigenvalue weighted by molar-refractivity contribution is 5.92. The molecule has 0 aliphatic heterocycles. The van der Waals surface area contributed by atoms with Crippen LogP contribution in [0.15, 0.2) is 36.5 Å². The molecular weight excluding hydrogens is 216 g/mol. The molecule has 0 saturated heterocycles. The molecule has 0 saturated carbocycles. The van der Waals surface area contributed by atoms with Gasteiger partial charge in [-0.2, -0.15) is 15.4 Å². The molecule has 0 bridgehead atoms. The molecule has 2 N–H and O–H groups in total. The van der Waals surface area contributed by atoms with Crippen LogP contribution in [-0.2, 0) is 0 Å². The Morgan fingerprint density at radius 1 is 1.41 bits per heavy atom. The Morgan fingerprint density at radius 2 is 2.18 bits per heavy atom. The number of aromatic amines is 1. The number of benzene rings is 1. The topological polar surface area (TPSA) is 70.7 Å². The molecule has 0 fully saturated rings. The number of carbonyl (C=O) groups excluding carboxylic acids is 1. The second-order valence-electron chi connectivity index (χ2n) is 3.70. The smallest absolute Gasteiger partial charge is 0.273 e. The lowest BCUT2D eigenvalue weighted by atomic mass is 10.0. The van der Waals surface area contributed by atoms with E-state index in [2.05, 4.69) is 20.7 Å². The molecule has 1 atom stereocenters. The average molecular weight is 230 g/mol. The third-order valence-electron chi connectivity index (χ3n) is 2.56. The fourth-order valence-electron chi connectivity index (χ4n) is 1.65. The van der Waals surface area contributed by atoms with Gasteiger partial charge in [-0.25, -0.2) is 0 Å². The molecular formula is C12H14N4O. The van der Waals surface area contributed by atoms with Gasteiger partial charge in [-0.1, -0.05) is 37.3 Å². The molecule has 2 rings (SSSR count). The van der Waals surface area contributed by atoms with E-state index in [9.17, 15) is 4.79 Å². The van der Waals surface area contributed by atoms with Crippen molar-refractivity contribution >= 4 is 5.91 Å². The van der Waals surface area contributed by atoms with Crippen LogP contribution in [0.2, 0.25) is 0 Å². The predicted octanol–water partition coefficient (Wildman–Crippen LogP) is 1.69. The van der Waals surface area contributed by atoms with Crippen molar-refractivity contribution in [3.05, 3.63) is 47.8 Å². The van der Waals surface area contributed by atoms with Gasteiger partial charge < -0.3 is 5.32 Å². The summed E-state index contributed by atoms with van der Waals surface area (Å²) in [5, 5.41) is 12.7. The number of nitrogens with zero attached hydrogens (tertiary/aromatic N) is 2. The summed E-state index contributed by atoms with van der Waals surface area (Å²) in [6, 6.07) is 9.87. The van der Waals surface area contributed by atoms with E-state index in [1.807, 2.05) is 37.3 Å².